The van der Waals surface area contributed by atoms with E-state index in [9.17, 15) is 4.39 Å². The van der Waals surface area contributed by atoms with Crippen LogP contribution in [0.4, 0.5) is 10.2 Å². The van der Waals surface area contributed by atoms with Gasteiger partial charge in [-0.1, -0.05) is 16.8 Å². The van der Waals surface area contributed by atoms with Crippen molar-refractivity contribution in [3.05, 3.63) is 47.4 Å². The second-order valence-corrected chi connectivity index (χ2v) is 4.22. The summed E-state index contributed by atoms with van der Waals surface area (Å²) >= 11 is 5.73. The van der Waals surface area contributed by atoms with E-state index in [1.807, 2.05) is 0 Å². The fourth-order valence-electron chi connectivity index (χ4n) is 1.69. The molecular formula is C12H8ClFN4O. The van der Waals surface area contributed by atoms with Gasteiger partial charge in [0.1, 0.15) is 5.82 Å². The van der Waals surface area contributed by atoms with Gasteiger partial charge in [-0.2, -0.15) is 4.68 Å². The Balaban J connectivity index is 2.09. The SMILES string of the molecule is Nc1c(-c2ccco2)nnn1-c1ccc(F)c(Cl)c1. The number of anilines is 1. The summed E-state index contributed by atoms with van der Waals surface area (Å²) in [5.74, 6) is 0.296. The molecule has 2 N–H and O–H groups in total. The first-order valence-electron chi connectivity index (χ1n) is 5.37. The van der Waals surface area contributed by atoms with Crippen molar-refractivity contribution in [2.45, 2.75) is 0 Å². The summed E-state index contributed by atoms with van der Waals surface area (Å²) in [5.41, 5.74) is 6.90. The highest BCUT2D eigenvalue weighted by Crippen LogP contribution is 2.26. The van der Waals surface area contributed by atoms with Crippen LogP contribution in [0.5, 0.6) is 0 Å². The van der Waals surface area contributed by atoms with Crippen molar-refractivity contribution in [1.82, 2.24) is 15.0 Å². The van der Waals surface area contributed by atoms with Gasteiger partial charge >= 0.3 is 0 Å². The van der Waals surface area contributed by atoms with E-state index in [0.717, 1.165) is 0 Å². The van der Waals surface area contributed by atoms with Crippen LogP contribution in [0.1, 0.15) is 0 Å². The fraction of sp³-hybridized carbons (Fsp3) is 0. The third kappa shape index (κ3) is 1.96. The summed E-state index contributed by atoms with van der Waals surface area (Å²) in [7, 11) is 0. The molecule has 5 nitrogen and oxygen atoms in total. The maximum Gasteiger partial charge on any atom is 0.172 e. The summed E-state index contributed by atoms with van der Waals surface area (Å²) in [5, 5.41) is 7.85. The Hall–Kier alpha value is -2.34. The largest absolute Gasteiger partial charge is 0.463 e. The summed E-state index contributed by atoms with van der Waals surface area (Å²) in [4.78, 5) is 0. The molecule has 0 radical (unpaired) electrons. The molecule has 0 amide bonds. The van der Waals surface area contributed by atoms with Crippen molar-refractivity contribution < 1.29 is 8.81 Å². The number of halogens is 2. The maximum atomic E-state index is 13.1. The number of benzene rings is 1. The van der Waals surface area contributed by atoms with Gasteiger partial charge in [0.05, 0.1) is 17.0 Å². The number of nitrogen functional groups attached to an aromatic ring is 1. The van der Waals surface area contributed by atoms with E-state index in [0.29, 0.717) is 17.1 Å². The quantitative estimate of drug-likeness (QED) is 0.782. The van der Waals surface area contributed by atoms with Crippen LogP contribution in [0.2, 0.25) is 5.02 Å². The van der Waals surface area contributed by atoms with Crippen molar-refractivity contribution in [3.63, 3.8) is 0 Å². The maximum absolute atomic E-state index is 13.1. The second kappa shape index (κ2) is 4.40. The molecule has 0 fully saturated rings. The third-order valence-corrected chi connectivity index (χ3v) is 2.90. The van der Waals surface area contributed by atoms with Crippen LogP contribution in [0.25, 0.3) is 17.1 Å². The summed E-state index contributed by atoms with van der Waals surface area (Å²) in [6, 6.07) is 7.63. The van der Waals surface area contributed by atoms with Gasteiger partial charge in [-0.25, -0.2) is 4.39 Å². The zero-order chi connectivity index (χ0) is 13.4. The highest BCUT2D eigenvalue weighted by molar-refractivity contribution is 6.30. The molecule has 2 aromatic heterocycles. The lowest BCUT2D eigenvalue weighted by Crippen LogP contribution is -2.02. The number of furan rings is 1. The minimum Gasteiger partial charge on any atom is -0.463 e. The first-order chi connectivity index (χ1) is 9.16. The molecule has 96 valence electrons. The van der Waals surface area contributed by atoms with Crippen LogP contribution in [0.3, 0.4) is 0 Å². The average Bonchev–Trinajstić information content (AvgIpc) is 3.02. The van der Waals surface area contributed by atoms with Crippen LogP contribution in [-0.2, 0) is 0 Å². The molecular weight excluding hydrogens is 271 g/mol. The molecule has 0 saturated heterocycles. The van der Waals surface area contributed by atoms with E-state index >= 15 is 0 Å². The zero-order valence-corrected chi connectivity index (χ0v) is 10.3. The summed E-state index contributed by atoms with van der Waals surface area (Å²) in [6.45, 7) is 0. The van der Waals surface area contributed by atoms with Crippen LogP contribution in [0.15, 0.2) is 41.0 Å². The lowest BCUT2D eigenvalue weighted by Gasteiger charge is -2.03. The summed E-state index contributed by atoms with van der Waals surface area (Å²) < 4.78 is 19.7. The molecule has 0 aliphatic rings. The van der Waals surface area contributed by atoms with Crippen molar-refractivity contribution in [1.29, 1.82) is 0 Å². The van der Waals surface area contributed by atoms with Crippen molar-refractivity contribution >= 4 is 17.4 Å². The Morgan fingerprint density at radius 3 is 2.84 bits per heavy atom. The third-order valence-electron chi connectivity index (χ3n) is 2.61. The van der Waals surface area contributed by atoms with E-state index in [1.165, 1.54) is 29.1 Å². The molecule has 0 unspecified atom stereocenters. The predicted octanol–water partition coefficient (Wildman–Crippen LogP) is 2.90. The smallest absolute Gasteiger partial charge is 0.172 e. The summed E-state index contributed by atoms with van der Waals surface area (Å²) in [6.07, 6.45) is 1.52. The standard InChI is InChI=1S/C12H8ClFN4O/c13-8-6-7(3-4-9(8)14)18-12(15)11(16-17-18)10-2-1-5-19-10/h1-6H,15H2. The highest BCUT2D eigenvalue weighted by atomic mass is 35.5. The van der Waals surface area contributed by atoms with Crippen LogP contribution < -0.4 is 5.73 Å². The number of nitrogens with zero attached hydrogens (tertiary/aromatic N) is 3. The van der Waals surface area contributed by atoms with E-state index in [2.05, 4.69) is 10.3 Å². The predicted molar refractivity (Wildman–Crippen MR) is 68.4 cm³/mol. The number of nitrogens with two attached hydrogens (primary N) is 1. The molecule has 19 heavy (non-hydrogen) atoms. The zero-order valence-electron chi connectivity index (χ0n) is 9.55. The normalized spacial score (nSPS) is 10.8. The molecule has 0 bridgehead atoms. The van der Waals surface area contributed by atoms with Crippen molar-refractivity contribution in [3.8, 4) is 17.1 Å². The Morgan fingerprint density at radius 2 is 2.16 bits per heavy atom. The minimum atomic E-state index is -0.504. The molecule has 3 rings (SSSR count). The molecule has 0 aliphatic heterocycles. The lowest BCUT2D eigenvalue weighted by atomic mass is 10.3. The van der Waals surface area contributed by atoms with Gasteiger partial charge in [-0.15, -0.1) is 5.10 Å². The van der Waals surface area contributed by atoms with E-state index in [-0.39, 0.29) is 10.8 Å². The van der Waals surface area contributed by atoms with Crippen LogP contribution >= 0.6 is 11.6 Å². The minimum absolute atomic E-state index is 0.00745. The van der Waals surface area contributed by atoms with Crippen LogP contribution in [0, 0.1) is 5.82 Å². The van der Waals surface area contributed by atoms with Crippen LogP contribution in [-0.4, -0.2) is 15.0 Å². The molecule has 0 spiro atoms. The Morgan fingerprint density at radius 1 is 1.32 bits per heavy atom. The topological polar surface area (TPSA) is 69.9 Å². The number of rotatable bonds is 2. The molecule has 2 heterocycles. The number of aromatic nitrogens is 3. The molecule has 7 heteroatoms. The van der Waals surface area contributed by atoms with Gasteiger partial charge in [-0.05, 0) is 30.3 Å². The highest BCUT2D eigenvalue weighted by Gasteiger charge is 2.15. The Labute approximate surface area is 112 Å². The molecule has 1 aromatic carbocycles. The molecule has 0 atom stereocenters. The van der Waals surface area contributed by atoms with E-state index < -0.39 is 5.82 Å². The monoisotopic (exact) mass is 278 g/mol. The lowest BCUT2D eigenvalue weighted by molar-refractivity contribution is 0.580. The van der Waals surface area contributed by atoms with Gasteiger partial charge in [0.15, 0.2) is 17.3 Å². The molecule has 0 aliphatic carbocycles. The van der Waals surface area contributed by atoms with E-state index in [1.54, 1.807) is 12.1 Å². The molecule has 0 saturated carbocycles. The average molecular weight is 279 g/mol. The van der Waals surface area contributed by atoms with Gasteiger partial charge in [0, 0.05) is 0 Å². The second-order valence-electron chi connectivity index (χ2n) is 3.81. The van der Waals surface area contributed by atoms with Crippen molar-refractivity contribution in [2.24, 2.45) is 0 Å². The number of hydrogen-bond acceptors (Lipinski definition) is 4. The Bertz CT molecular complexity index is 723. The van der Waals surface area contributed by atoms with Gasteiger partial charge < -0.3 is 10.2 Å². The van der Waals surface area contributed by atoms with Crippen molar-refractivity contribution in [2.75, 3.05) is 5.73 Å². The Kier molecular flexibility index (Phi) is 2.72. The fourth-order valence-corrected chi connectivity index (χ4v) is 1.86. The van der Waals surface area contributed by atoms with Gasteiger partial charge in [-0.3, -0.25) is 0 Å². The van der Waals surface area contributed by atoms with Gasteiger partial charge in [0.2, 0.25) is 0 Å². The number of hydrogen-bond donors (Lipinski definition) is 1. The first-order valence-corrected chi connectivity index (χ1v) is 5.75. The first kappa shape index (κ1) is 11.7. The molecule has 3 aromatic rings. The van der Waals surface area contributed by atoms with Gasteiger partial charge in [0.25, 0.3) is 0 Å². The van der Waals surface area contributed by atoms with E-state index in [4.69, 9.17) is 21.8 Å².